The molecule has 3 aromatic carbocycles. The number of nitro groups is 1. The molecule has 0 atom stereocenters. The summed E-state index contributed by atoms with van der Waals surface area (Å²) >= 11 is 0. The van der Waals surface area contributed by atoms with Crippen LogP contribution in [0.2, 0.25) is 0 Å². The summed E-state index contributed by atoms with van der Waals surface area (Å²) in [6, 6.07) is 20.4. The number of nitro benzene ring substituents is 1. The topological polar surface area (TPSA) is 65.1 Å². The lowest BCUT2D eigenvalue weighted by molar-refractivity contribution is -0.384. The quantitative estimate of drug-likeness (QED) is 0.0936. The second-order valence-corrected chi connectivity index (χ2v) is 8.01. The van der Waals surface area contributed by atoms with Crippen molar-refractivity contribution in [2.45, 2.75) is 39.2 Å². The van der Waals surface area contributed by atoms with Crippen LogP contribution in [0.3, 0.4) is 0 Å². The summed E-state index contributed by atoms with van der Waals surface area (Å²) in [4.78, 5) is 22.8. The molecule has 0 radical (unpaired) electrons. The molecule has 0 saturated heterocycles. The summed E-state index contributed by atoms with van der Waals surface area (Å²) in [7, 11) is 0. The summed E-state index contributed by atoms with van der Waals surface area (Å²) in [6.45, 7) is 3.22. The van der Waals surface area contributed by atoms with Crippen molar-refractivity contribution in [1.82, 2.24) is 4.57 Å². The van der Waals surface area contributed by atoms with E-state index >= 15 is 0 Å². The van der Waals surface area contributed by atoms with Crippen molar-refractivity contribution in [2.24, 2.45) is 0 Å². The first-order valence-corrected chi connectivity index (χ1v) is 11.1. The number of fused-ring (bicyclic) bond motifs is 3. The molecule has 162 valence electrons. The van der Waals surface area contributed by atoms with Crippen molar-refractivity contribution in [3.05, 3.63) is 94.0 Å². The first-order valence-electron chi connectivity index (χ1n) is 11.1. The van der Waals surface area contributed by atoms with E-state index < -0.39 is 4.92 Å². The maximum atomic E-state index is 12.5. The van der Waals surface area contributed by atoms with Crippen LogP contribution in [-0.4, -0.2) is 15.3 Å². The minimum absolute atomic E-state index is 0.0259. The third kappa shape index (κ3) is 4.47. The van der Waals surface area contributed by atoms with E-state index in [2.05, 4.69) is 47.9 Å². The van der Waals surface area contributed by atoms with Crippen LogP contribution in [-0.2, 0) is 6.54 Å². The number of carbonyl (C=O) groups excluding carboxylic acids is 1. The van der Waals surface area contributed by atoms with Crippen molar-refractivity contribution in [3.63, 3.8) is 0 Å². The molecule has 4 rings (SSSR count). The average molecular weight is 427 g/mol. The molecule has 0 fully saturated rings. The van der Waals surface area contributed by atoms with E-state index in [0.717, 1.165) is 18.5 Å². The molecule has 0 amide bonds. The normalized spacial score (nSPS) is 11.5. The number of unbranched alkanes of at least 4 members (excludes halogenated alkanes) is 3. The molecule has 0 spiro atoms. The van der Waals surface area contributed by atoms with Crippen LogP contribution < -0.4 is 0 Å². The molecule has 0 saturated carbocycles. The lowest BCUT2D eigenvalue weighted by atomic mass is 10.1. The van der Waals surface area contributed by atoms with Crippen molar-refractivity contribution in [1.29, 1.82) is 0 Å². The SMILES string of the molecule is CCCCCCn1c2ccccc2c2cc(/C=C/C(=O)c3ccc([N+](=O)[O-])cc3)ccc21. The molecule has 5 nitrogen and oxygen atoms in total. The molecule has 5 heteroatoms. The zero-order valence-electron chi connectivity index (χ0n) is 18.2. The Morgan fingerprint density at radius 1 is 0.938 bits per heavy atom. The second-order valence-electron chi connectivity index (χ2n) is 8.01. The minimum Gasteiger partial charge on any atom is -0.340 e. The smallest absolute Gasteiger partial charge is 0.269 e. The molecule has 0 aliphatic rings. The van der Waals surface area contributed by atoms with Crippen LogP contribution in [0.15, 0.2) is 72.8 Å². The molecule has 0 N–H and O–H groups in total. The largest absolute Gasteiger partial charge is 0.340 e. The Kier molecular flexibility index (Phi) is 6.45. The van der Waals surface area contributed by atoms with Crippen molar-refractivity contribution in [2.75, 3.05) is 0 Å². The highest BCUT2D eigenvalue weighted by atomic mass is 16.6. The van der Waals surface area contributed by atoms with Gasteiger partial charge < -0.3 is 4.57 Å². The fraction of sp³-hybridized carbons (Fsp3) is 0.222. The van der Waals surface area contributed by atoms with Crippen LogP contribution in [0, 0.1) is 10.1 Å². The highest BCUT2D eigenvalue weighted by Crippen LogP contribution is 2.30. The van der Waals surface area contributed by atoms with E-state index in [1.54, 1.807) is 6.08 Å². The van der Waals surface area contributed by atoms with E-state index in [1.807, 2.05) is 6.07 Å². The number of non-ortho nitro benzene ring substituents is 1. The molecule has 1 aromatic heterocycles. The van der Waals surface area contributed by atoms with E-state index in [1.165, 1.54) is 71.4 Å². The van der Waals surface area contributed by atoms with Crippen LogP contribution in [0.25, 0.3) is 27.9 Å². The van der Waals surface area contributed by atoms with Crippen molar-refractivity contribution in [3.8, 4) is 0 Å². The van der Waals surface area contributed by atoms with Gasteiger partial charge in [-0.05, 0) is 48.4 Å². The lowest BCUT2D eigenvalue weighted by Crippen LogP contribution is -1.97. The second kappa shape index (κ2) is 9.60. The third-order valence-electron chi connectivity index (χ3n) is 5.82. The number of hydrogen-bond donors (Lipinski definition) is 0. The van der Waals surface area contributed by atoms with Gasteiger partial charge in [-0.25, -0.2) is 0 Å². The van der Waals surface area contributed by atoms with E-state index in [4.69, 9.17) is 0 Å². The zero-order valence-corrected chi connectivity index (χ0v) is 18.2. The van der Waals surface area contributed by atoms with Gasteiger partial charge in [-0.15, -0.1) is 0 Å². The number of carbonyl (C=O) groups is 1. The number of ketones is 1. The predicted octanol–water partition coefficient (Wildman–Crippen LogP) is 7.18. The van der Waals surface area contributed by atoms with Gasteiger partial charge in [-0.1, -0.05) is 56.5 Å². The third-order valence-corrected chi connectivity index (χ3v) is 5.82. The number of para-hydroxylation sites is 1. The van der Waals surface area contributed by atoms with Gasteiger partial charge in [0.15, 0.2) is 5.78 Å². The predicted molar refractivity (Wildman–Crippen MR) is 130 cm³/mol. The Morgan fingerprint density at radius 2 is 1.69 bits per heavy atom. The maximum absolute atomic E-state index is 12.5. The summed E-state index contributed by atoms with van der Waals surface area (Å²) in [5, 5.41) is 13.2. The van der Waals surface area contributed by atoms with E-state index in [9.17, 15) is 14.9 Å². The Hall–Kier alpha value is -3.73. The molecular weight excluding hydrogens is 400 g/mol. The Bertz CT molecular complexity index is 1300. The van der Waals surface area contributed by atoms with Gasteiger partial charge >= 0.3 is 0 Å². The number of aryl methyl sites for hydroxylation is 1. The Balaban J connectivity index is 1.61. The van der Waals surface area contributed by atoms with Crippen molar-refractivity contribution < 1.29 is 9.72 Å². The first kappa shape index (κ1) is 21.5. The first-order chi connectivity index (χ1) is 15.6. The van der Waals surface area contributed by atoms with Gasteiger partial charge in [0.25, 0.3) is 5.69 Å². The number of nitrogens with zero attached hydrogens (tertiary/aromatic N) is 2. The van der Waals surface area contributed by atoms with Gasteiger partial charge in [-0.3, -0.25) is 14.9 Å². The number of aromatic nitrogens is 1. The number of benzene rings is 3. The van der Waals surface area contributed by atoms with Gasteiger partial charge in [0.1, 0.15) is 0 Å². The molecule has 0 bridgehead atoms. The van der Waals surface area contributed by atoms with Crippen LogP contribution >= 0.6 is 0 Å². The molecule has 0 aliphatic heterocycles. The van der Waals surface area contributed by atoms with Gasteiger partial charge in [0.05, 0.1) is 4.92 Å². The van der Waals surface area contributed by atoms with Crippen LogP contribution in [0.4, 0.5) is 5.69 Å². The van der Waals surface area contributed by atoms with E-state index in [0.29, 0.717) is 5.56 Å². The highest BCUT2D eigenvalue weighted by Gasteiger charge is 2.11. The van der Waals surface area contributed by atoms with Gasteiger partial charge in [0.2, 0.25) is 0 Å². The minimum atomic E-state index is -0.473. The summed E-state index contributed by atoms with van der Waals surface area (Å²) in [6.07, 6.45) is 8.20. The number of allylic oxidation sites excluding steroid dienone is 1. The summed E-state index contributed by atoms with van der Waals surface area (Å²) in [5.41, 5.74) is 3.80. The lowest BCUT2D eigenvalue weighted by Gasteiger charge is -2.07. The average Bonchev–Trinajstić information content (AvgIpc) is 3.13. The Morgan fingerprint density at radius 3 is 2.44 bits per heavy atom. The van der Waals surface area contributed by atoms with Crippen LogP contribution in [0.5, 0.6) is 0 Å². The standard InChI is InChI=1S/C27H26N2O3/c1-2-3-4-7-18-28-25-9-6-5-8-23(25)24-19-20(10-16-26(24)28)11-17-27(30)21-12-14-22(15-13-21)29(31)32/h5-6,8-17,19H,2-4,7,18H2,1H3/b17-11+. The monoisotopic (exact) mass is 426 g/mol. The number of rotatable bonds is 9. The maximum Gasteiger partial charge on any atom is 0.269 e. The molecule has 1 heterocycles. The fourth-order valence-corrected chi connectivity index (χ4v) is 4.13. The number of hydrogen-bond acceptors (Lipinski definition) is 3. The fourth-order valence-electron chi connectivity index (χ4n) is 4.13. The molecule has 0 aliphatic carbocycles. The summed E-state index contributed by atoms with van der Waals surface area (Å²) < 4.78 is 2.40. The molecule has 4 aromatic rings. The van der Waals surface area contributed by atoms with Crippen LogP contribution in [0.1, 0.15) is 48.5 Å². The molecular formula is C27H26N2O3. The molecule has 0 unspecified atom stereocenters. The highest BCUT2D eigenvalue weighted by molar-refractivity contribution is 6.10. The zero-order chi connectivity index (χ0) is 22.5. The molecule has 32 heavy (non-hydrogen) atoms. The Labute approximate surface area is 187 Å². The van der Waals surface area contributed by atoms with E-state index in [-0.39, 0.29) is 11.5 Å². The van der Waals surface area contributed by atoms with Crippen molar-refractivity contribution >= 4 is 39.4 Å². The summed E-state index contributed by atoms with van der Waals surface area (Å²) in [5.74, 6) is -0.182. The van der Waals surface area contributed by atoms with Gasteiger partial charge in [-0.2, -0.15) is 0 Å². The van der Waals surface area contributed by atoms with Gasteiger partial charge in [0, 0.05) is 46.0 Å².